The molecule has 1 aliphatic rings. The van der Waals surface area contributed by atoms with E-state index in [4.69, 9.17) is 0 Å². The minimum atomic E-state index is 0.0523. The molecular formula is C17H25N3O2. The Morgan fingerprint density at radius 3 is 2.36 bits per heavy atom. The van der Waals surface area contributed by atoms with Crippen molar-refractivity contribution in [2.24, 2.45) is 0 Å². The topological polar surface area (TPSA) is 52.7 Å². The van der Waals surface area contributed by atoms with Crippen molar-refractivity contribution >= 4 is 11.8 Å². The van der Waals surface area contributed by atoms with Gasteiger partial charge in [0.05, 0.1) is 6.54 Å². The Kier molecular flexibility index (Phi) is 5.55. The van der Waals surface area contributed by atoms with Gasteiger partial charge in [0, 0.05) is 38.3 Å². The van der Waals surface area contributed by atoms with Gasteiger partial charge in [-0.2, -0.15) is 0 Å². The highest BCUT2D eigenvalue weighted by atomic mass is 16.2. The number of nitrogens with one attached hydrogen (secondary N) is 1. The summed E-state index contributed by atoms with van der Waals surface area (Å²) in [7, 11) is 0. The fourth-order valence-electron chi connectivity index (χ4n) is 2.62. The molecule has 1 aromatic carbocycles. The van der Waals surface area contributed by atoms with Crippen LogP contribution in [0.25, 0.3) is 0 Å². The zero-order chi connectivity index (χ0) is 16.1. The first kappa shape index (κ1) is 16.5. The lowest BCUT2D eigenvalue weighted by atomic mass is 10.1. The van der Waals surface area contributed by atoms with E-state index in [9.17, 15) is 9.59 Å². The molecule has 1 heterocycles. The zero-order valence-corrected chi connectivity index (χ0v) is 13.7. The Morgan fingerprint density at radius 1 is 1.09 bits per heavy atom. The van der Waals surface area contributed by atoms with Crippen LogP contribution in [0.2, 0.25) is 0 Å². The van der Waals surface area contributed by atoms with E-state index in [-0.39, 0.29) is 11.8 Å². The summed E-state index contributed by atoms with van der Waals surface area (Å²) >= 11 is 0. The second-order valence-electron chi connectivity index (χ2n) is 5.82. The van der Waals surface area contributed by atoms with Crippen LogP contribution in [0.15, 0.2) is 18.2 Å². The SMILES string of the molecule is CCNC(=O)CN1CCN(C(=O)c2ccc(C)c(C)c2)CC1. The molecule has 0 spiro atoms. The minimum Gasteiger partial charge on any atom is -0.355 e. The first-order chi connectivity index (χ1) is 10.5. The highest BCUT2D eigenvalue weighted by Crippen LogP contribution is 2.13. The molecule has 0 atom stereocenters. The second kappa shape index (κ2) is 7.40. The van der Waals surface area contributed by atoms with Gasteiger partial charge in [-0.3, -0.25) is 14.5 Å². The Balaban J connectivity index is 1.89. The number of hydrogen-bond donors (Lipinski definition) is 1. The number of carbonyl (C=O) groups is 2. The number of rotatable bonds is 4. The smallest absolute Gasteiger partial charge is 0.253 e. The van der Waals surface area contributed by atoms with Crippen LogP contribution in [0.4, 0.5) is 0 Å². The second-order valence-corrected chi connectivity index (χ2v) is 5.82. The van der Waals surface area contributed by atoms with Gasteiger partial charge in [0.15, 0.2) is 0 Å². The number of aryl methyl sites for hydroxylation is 2. The average Bonchev–Trinajstić information content (AvgIpc) is 2.50. The third-order valence-corrected chi connectivity index (χ3v) is 4.15. The van der Waals surface area contributed by atoms with Crippen molar-refractivity contribution in [3.8, 4) is 0 Å². The van der Waals surface area contributed by atoms with Crippen LogP contribution in [0.3, 0.4) is 0 Å². The van der Waals surface area contributed by atoms with Crippen LogP contribution in [0, 0.1) is 13.8 Å². The molecule has 5 nitrogen and oxygen atoms in total. The summed E-state index contributed by atoms with van der Waals surface area (Å²) < 4.78 is 0. The molecule has 5 heteroatoms. The van der Waals surface area contributed by atoms with E-state index < -0.39 is 0 Å². The summed E-state index contributed by atoms with van der Waals surface area (Å²) in [5.74, 6) is 0.136. The molecule has 1 fully saturated rings. The van der Waals surface area contributed by atoms with E-state index in [0.717, 1.165) is 24.2 Å². The van der Waals surface area contributed by atoms with Gasteiger partial charge < -0.3 is 10.2 Å². The summed E-state index contributed by atoms with van der Waals surface area (Å²) in [6.07, 6.45) is 0. The summed E-state index contributed by atoms with van der Waals surface area (Å²) in [6, 6.07) is 5.85. The lowest BCUT2D eigenvalue weighted by molar-refractivity contribution is -0.122. The molecule has 0 saturated carbocycles. The van der Waals surface area contributed by atoms with Crippen molar-refractivity contribution < 1.29 is 9.59 Å². The van der Waals surface area contributed by atoms with Crippen molar-refractivity contribution in [1.82, 2.24) is 15.1 Å². The molecule has 0 aliphatic carbocycles. The highest BCUT2D eigenvalue weighted by Gasteiger charge is 2.23. The van der Waals surface area contributed by atoms with Gasteiger partial charge in [-0.1, -0.05) is 6.07 Å². The predicted molar refractivity (Wildman–Crippen MR) is 86.9 cm³/mol. The lowest BCUT2D eigenvalue weighted by Gasteiger charge is -2.34. The molecular weight excluding hydrogens is 278 g/mol. The maximum absolute atomic E-state index is 12.5. The molecule has 22 heavy (non-hydrogen) atoms. The van der Waals surface area contributed by atoms with E-state index in [0.29, 0.717) is 26.2 Å². The van der Waals surface area contributed by atoms with Gasteiger partial charge >= 0.3 is 0 Å². The van der Waals surface area contributed by atoms with Gasteiger partial charge in [0.25, 0.3) is 5.91 Å². The van der Waals surface area contributed by atoms with Crippen molar-refractivity contribution in [3.63, 3.8) is 0 Å². The Bertz CT molecular complexity index is 549. The highest BCUT2D eigenvalue weighted by molar-refractivity contribution is 5.94. The molecule has 120 valence electrons. The van der Waals surface area contributed by atoms with Gasteiger partial charge in [-0.15, -0.1) is 0 Å². The normalized spacial score (nSPS) is 15.7. The van der Waals surface area contributed by atoms with Crippen molar-refractivity contribution in [2.45, 2.75) is 20.8 Å². The minimum absolute atomic E-state index is 0.0523. The third kappa shape index (κ3) is 4.07. The first-order valence-corrected chi connectivity index (χ1v) is 7.87. The largest absolute Gasteiger partial charge is 0.355 e. The molecule has 0 aromatic heterocycles. The first-order valence-electron chi connectivity index (χ1n) is 7.87. The van der Waals surface area contributed by atoms with E-state index in [1.165, 1.54) is 5.56 Å². The molecule has 1 aromatic rings. The lowest BCUT2D eigenvalue weighted by Crippen LogP contribution is -2.51. The van der Waals surface area contributed by atoms with E-state index in [1.807, 2.05) is 43.9 Å². The average molecular weight is 303 g/mol. The summed E-state index contributed by atoms with van der Waals surface area (Å²) in [4.78, 5) is 28.1. The van der Waals surface area contributed by atoms with Crippen LogP contribution >= 0.6 is 0 Å². The standard InChI is InChI=1S/C17H25N3O2/c1-4-18-16(21)12-19-7-9-20(10-8-19)17(22)15-6-5-13(2)14(3)11-15/h5-6,11H,4,7-10,12H2,1-3H3,(H,18,21). The number of benzene rings is 1. The van der Waals surface area contributed by atoms with E-state index in [2.05, 4.69) is 10.2 Å². The maximum atomic E-state index is 12.5. The number of amides is 2. The van der Waals surface area contributed by atoms with Crippen LogP contribution in [-0.2, 0) is 4.79 Å². The van der Waals surface area contributed by atoms with Crippen LogP contribution in [0.5, 0.6) is 0 Å². The number of hydrogen-bond acceptors (Lipinski definition) is 3. The Labute approximate surface area is 132 Å². The monoisotopic (exact) mass is 303 g/mol. The molecule has 0 radical (unpaired) electrons. The van der Waals surface area contributed by atoms with Gasteiger partial charge in [-0.25, -0.2) is 0 Å². The quantitative estimate of drug-likeness (QED) is 0.909. The molecule has 0 unspecified atom stereocenters. The van der Waals surface area contributed by atoms with Crippen molar-refractivity contribution in [3.05, 3.63) is 34.9 Å². The van der Waals surface area contributed by atoms with Gasteiger partial charge in [0.1, 0.15) is 0 Å². The predicted octanol–water partition coefficient (Wildman–Crippen LogP) is 1.20. The molecule has 1 N–H and O–H groups in total. The van der Waals surface area contributed by atoms with Crippen molar-refractivity contribution in [2.75, 3.05) is 39.3 Å². The number of carbonyl (C=O) groups excluding carboxylic acids is 2. The molecule has 2 rings (SSSR count). The Morgan fingerprint density at radius 2 is 1.77 bits per heavy atom. The molecule has 2 amide bonds. The fourth-order valence-corrected chi connectivity index (χ4v) is 2.62. The van der Waals surface area contributed by atoms with E-state index in [1.54, 1.807) is 0 Å². The van der Waals surface area contributed by atoms with Crippen LogP contribution < -0.4 is 5.32 Å². The van der Waals surface area contributed by atoms with Crippen LogP contribution in [0.1, 0.15) is 28.4 Å². The fraction of sp³-hybridized carbons (Fsp3) is 0.529. The third-order valence-electron chi connectivity index (χ3n) is 4.15. The van der Waals surface area contributed by atoms with Crippen LogP contribution in [-0.4, -0.2) is 60.9 Å². The Hall–Kier alpha value is -1.88. The summed E-state index contributed by atoms with van der Waals surface area (Å²) in [5.41, 5.74) is 3.09. The van der Waals surface area contributed by atoms with Gasteiger partial charge in [-0.05, 0) is 44.0 Å². The number of piperazine rings is 1. The number of nitrogens with zero attached hydrogens (tertiary/aromatic N) is 2. The summed E-state index contributed by atoms with van der Waals surface area (Å²) in [5, 5.41) is 2.80. The van der Waals surface area contributed by atoms with Crippen molar-refractivity contribution in [1.29, 1.82) is 0 Å². The zero-order valence-electron chi connectivity index (χ0n) is 13.7. The molecule has 1 aliphatic heterocycles. The molecule has 0 bridgehead atoms. The van der Waals surface area contributed by atoms with Gasteiger partial charge in [0.2, 0.25) is 5.91 Å². The maximum Gasteiger partial charge on any atom is 0.253 e. The number of likely N-dealkylation sites (N-methyl/N-ethyl adjacent to an activating group) is 1. The molecule has 1 saturated heterocycles. The summed E-state index contributed by atoms with van der Waals surface area (Å²) in [6.45, 7) is 9.89. The van der Waals surface area contributed by atoms with E-state index >= 15 is 0 Å².